The highest BCUT2D eigenvalue weighted by molar-refractivity contribution is 5.98. The topological polar surface area (TPSA) is 23.6 Å². The summed E-state index contributed by atoms with van der Waals surface area (Å²) in [6, 6.07) is 24.5. The normalized spacial score (nSPS) is 14.9. The Morgan fingerprint density at radius 1 is 0.821 bits per heavy atom. The van der Waals surface area contributed by atoms with Crippen LogP contribution in [0.1, 0.15) is 15.9 Å². The first-order valence-corrected chi connectivity index (χ1v) is 9.52. The van der Waals surface area contributed by atoms with E-state index in [4.69, 9.17) is 0 Å². The molecule has 3 aromatic carbocycles. The molecule has 1 aliphatic heterocycles. The second-order valence-corrected chi connectivity index (χ2v) is 6.97. The van der Waals surface area contributed by atoms with Gasteiger partial charge in [0.1, 0.15) is 0 Å². The lowest BCUT2D eigenvalue weighted by Crippen LogP contribution is -2.48. The molecule has 1 fully saturated rings. The van der Waals surface area contributed by atoms with Crippen LogP contribution in [0.4, 0.5) is 0 Å². The number of hydrogen-bond acceptors (Lipinski definition) is 2. The van der Waals surface area contributed by atoms with Crippen molar-refractivity contribution in [3.8, 4) is 0 Å². The van der Waals surface area contributed by atoms with E-state index in [0.717, 1.165) is 43.7 Å². The largest absolute Gasteiger partial charge is 0.336 e. The van der Waals surface area contributed by atoms with E-state index < -0.39 is 0 Å². The third-order valence-electron chi connectivity index (χ3n) is 5.13. The first kappa shape index (κ1) is 20.1. The molecular weight excluding hydrogens is 368 g/mol. The molecule has 0 aliphatic carbocycles. The maximum atomic E-state index is 12.8. The molecule has 0 spiro atoms. The minimum absolute atomic E-state index is 0. The van der Waals surface area contributed by atoms with Gasteiger partial charge >= 0.3 is 0 Å². The van der Waals surface area contributed by atoms with Crippen LogP contribution in [0.5, 0.6) is 0 Å². The fraction of sp³-hybridized carbons (Fsp3) is 0.208. The fourth-order valence-corrected chi connectivity index (χ4v) is 3.54. The van der Waals surface area contributed by atoms with Gasteiger partial charge in [0, 0.05) is 38.3 Å². The zero-order valence-electron chi connectivity index (χ0n) is 15.8. The zero-order chi connectivity index (χ0) is 18.5. The van der Waals surface area contributed by atoms with Gasteiger partial charge in [-0.15, -0.1) is 12.4 Å². The van der Waals surface area contributed by atoms with E-state index in [0.29, 0.717) is 0 Å². The summed E-state index contributed by atoms with van der Waals surface area (Å²) in [4.78, 5) is 17.2. The minimum Gasteiger partial charge on any atom is -0.336 e. The van der Waals surface area contributed by atoms with Gasteiger partial charge in [-0.3, -0.25) is 9.69 Å². The maximum absolute atomic E-state index is 12.8. The number of carbonyl (C=O) groups is 1. The van der Waals surface area contributed by atoms with Crippen LogP contribution in [-0.2, 0) is 0 Å². The van der Waals surface area contributed by atoms with Gasteiger partial charge in [-0.05, 0) is 28.5 Å². The predicted molar refractivity (Wildman–Crippen MR) is 119 cm³/mol. The standard InChI is InChI=1S/C24H24N2O.ClH/c27-24(23-13-12-21-10-4-5-11-22(21)19-23)26-17-15-25(16-18-26)14-6-9-20-7-2-1-3-8-20;/h1-13,19H,14-18H2;1H/b9-6+;. The van der Waals surface area contributed by atoms with E-state index >= 15 is 0 Å². The number of rotatable bonds is 4. The van der Waals surface area contributed by atoms with E-state index in [1.807, 2.05) is 41.3 Å². The highest BCUT2D eigenvalue weighted by Gasteiger charge is 2.21. The molecule has 4 heteroatoms. The lowest BCUT2D eigenvalue weighted by molar-refractivity contribution is 0.0650. The van der Waals surface area contributed by atoms with Crippen LogP contribution in [0.25, 0.3) is 16.8 Å². The summed E-state index contributed by atoms with van der Waals surface area (Å²) in [6.45, 7) is 4.32. The SMILES string of the molecule is Cl.O=C(c1ccc2ccccc2c1)N1CCN(C/C=C/c2ccccc2)CC1. The molecule has 3 nitrogen and oxygen atoms in total. The summed E-state index contributed by atoms with van der Waals surface area (Å²) < 4.78 is 0. The summed E-state index contributed by atoms with van der Waals surface area (Å²) >= 11 is 0. The molecular formula is C24H25ClN2O. The summed E-state index contributed by atoms with van der Waals surface area (Å²) in [5, 5.41) is 2.29. The quantitative estimate of drug-likeness (QED) is 0.640. The first-order chi connectivity index (χ1) is 13.3. The number of fused-ring (bicyclic) bond motifs is 1. The maximum Gasteiger partial charge on any atom is 0.253 e. The smallest absolute Gasteiger partial charge is 0.253 e. The molecule has 0 bridgehead atoms. The van der Waals surface area contributed by atoms with Crippen LogP contribution in [0.15, 0.2) is 78.9 Å². The van der Waals surface area contributed by atoms with Crippen molar-refractivity contribution in [3.63, 3.8) is 0 Å². The van der Waals surface area contributed by atoms with Gasteiger partial charge in [0.05, 0.1) is 0 Å². The third-order valence-corrected chi connectivity index (χ3v) is 5.13. The molecule has 144 valence electrons. The molecule has 0 radical (unpaired) electrons. The molecule has 1 heterocycles. The van der Waals surface area contributed by atoms with Crippen LogP contribution < -0.4 is 0 Å². The van der Waals surface area contributed by atoms with E-state index in [2.05, 4.69) is 53.5 Å². The summed E-state index contributed by atoms with van der Waals surface area (Å²) in [6.07, 6.45) is 4.36. The Bertz CT molecular complexity index is 947. The lowest BCUT2D eigenvalue weighted by atomic mass is 10.1. The van der Waals surface area contributed by atoms with Gasteiger partial charge in [-0.2, -0.15) is 0 Å². The van der Waals surface area contributed by atoms with E-state index in [1.54, 1.807) is 0 Å². The van der Waals surface area contributed by atoms with Crippen LogP contribution in [0.3, 0.4) is 0 Å². The van der Waals surface area contributed by atoms with Crippen molar-refractivity contribution < 1.29 is 4.79 Å². The molecule has 1 saturated heterocycles. The fourth-order valence-electron chi connectivity index (χ4n) is 3.54. The second kappa shape index (κ2) is 9.54. The van der Waals surface area contributed by atoms with Crippen LogP contribution >= 0.6 is 12.4 Å². The summed E-state index contributed by atoms with van der Waals surface area (Å²) in [5.41, 5.74) is 2.01. The van der Waals surface area contributed by atoms with E-state index in [9.17, 15) is 4.79 Å². The van der Waals surface area contributed by atoms with E-state index in [-0.39, 0.29) is 18.3 Å². The molecule has 4 rings (SSSR count). The highest BCUT2D eigenvalue weighted by atomic mass is 35.5. The van der Waals surface area contributed by atoms with Gasteiger partial charge < -0.3 is 4.90 Å². The Morgan fingerprint density at radius 2 is 1.50 bits per heavy atom. The van der Waals surface area contributed by atoms with Crippen LogP contribution in [0, 0.1) is 0 Å². The molecule has 0 aromatic heterocycles. The summed E-state index contributed by atoms with van der Waals surface area (Å²) in [7, 11) is 0. The Labute approximate surface area is 172 Å². The number of halogens is 1. The zero-order valence-corrected chi connectivity index (χ0v) is 16.6. The van der Waals surface area contributed by atoms with Crippen molar-refractivity contribution in [1.29, 1.82) is 0 Å². The second-order valence-electron chi connectivity index (χ2n) is 6.97. The van der Waals surface area contributed by atoms with E-state index in [1.165, 1.54) is 10.9 Å². The van der Waals surface area contributed by atoms with Gasteiger partial charge in [0.25, 0.3) is 5.91 Å². The monoisotopic (exact) mass is 392 g/mol. The lowest BCUT2D eigenvalue weighted by Gasteiger charge is -2.34. The average Bonchev–Trinajstić information content (AvgIpc) is 2.74. The van der Waals surface area contributed by atoms with Crippen molar-refractivity contribution in [2.45, 2.75) is 0 Å². The van der Waals surface area contributed by atoms with Crippen molar-refractivity contribution in [3.05, 3.63) is 90.0 Å². The minimum atomic E-state index is 0. The van der Waals surface area contributed by atoms with Gasteiger partial charge in [-0.1, -0.05) is 72.8 Å². The number of benzene rings is 3. The van der Waals surface area contributed by atoms with Gasteiger partial charge in [0.2, 0.25) is 0 Å². The summed E-state index contributed by atoms with van der Waals surface area (Å²) in [5.74, 6) is 0.139. The third kappa shape index (κ3) is 4.80. The number of nitrogens with zero attached hydrogens (tertiary/aromatic N) is 2. The van der Waals surface area contributed by atoms with Crippen molar-refractivity contribution in [2.24, 2.45) is 0 Å². The Hall–Kier alpha value is -2.62. The number of carbonyl (C=O) groups excluding carboxylic acids is 1. The Balaban J connectivity index is 0.00000225. The predicted octanol–water partition coefficient (Wildman–Crippen LogP) is 4.73. The molecule has 0 unspecified atom stereocenters. The van der Waals surface area contributed by atoms with Crippen LogP contribution in [-0.4, -0.2) is 48.4 Å². The first-order valence-electron chi connectivity index (χ1n) is 9.52. The van der Waals surface area contributed by atoms with Gasteiger partial charge in [0.15, 0.2) is 0 Å². The number of hydrogen-bond donors (Lipinski definition) is 0. The molecule has 0 N–H and O–H groups in total. The number of amides is 1. The van der Waals surface area contributed by atoms with Crippen molar-refractivity contribution in [1.82, 2.24) is 9.80 Å². The molecule has 28 heavy (non-hydrogen) atoms. The number of piperazine rings is 1. The van der Waals surface area contributed by atoms with Gasteiger partial charge in [-0.25, -0.2) is 0 Å². The van der Waals surface area contributed by atoms with Crippen molar-refractivity contribution in [2.75, 3.05) is 32.7 Å². The highest BCUT2D eigenvalue weighted by Crippen LogP contribution is 2.17. The molecule has 1 amide bonds. The molecule has 3 aromatic rings. The van der Waals surface area contributed by atoms with Crippen LogP contribution in [0.2, 0.25) is 0 Å². The Kier molecular flexibility index (Phi) is 6.85. The molecule has 0 atom stereocenters. The molecule has 0 saturated carbocycles. The Morgan fingerprint density at radius 3 is 2.25 bits per heavy atom. The van der Waals surface area contributed by atoms with Crippen molar-refractivity contribution >= 4 is 35.2 Å². The molecule has 1 aliphatic rings. The average molecular weight is 393 g/mol.